The fourth-order valence-corrected chi connectivity index (χ4v) is 1.96. The highest BCUT2D eigenvalue weighted by molar-refractivity contribution is 5.97. The molecule has 3 amide bonds. The number of hydrogen-bond donors (Lipinski definition) is 4. The second kappa shape index (κ2) is 6.23. The van der Waals surface area contributed by atoms with Gasteiger partial charge in [0.2, 0.25) is 5.91 Å². The summed E-state index contributed by atoms with van der Waals surface area (Å²) < 4.78 is 0. The third kappa shape index (κ3) is 3.69. The van der Waals surface area contributed by atoms with Gasteiger partial charge in [-0.2, -0.15) is 0 Å². The van der Waals surface area contributed by atoms with Gasteiger partial charge in [0, 0.05) is 24.5 Å². The number of carbonyl (C=O) groups excluding carboxylic acids is 2. The van der Waals surface area contributed by atoms with Gasteiger partial charge in [-0.3, -0.25) is 14.5 Å². The maximum absolute atomic E-state index is 11.7. The molecular formula is C13H16N4O4. The molecule has 1 heterocycles. The molecule has 1 aliphatic heterocycles. The van der Waals surface area contributed by atoms with Crippen molar-refractivity contribution in [1.82, 2.24) is 5.32 Å². The summed E-state index contributed by atoms with van der Waals surface area (Å²) in [6, 6.07) is 5.40. The lowest BCUT2D eigenvalue weighted by Gasteiger charge is -2.15. The Labute approximate surface area is 120 Å². The molecular weight excluding hydrogens is 276 g/mol. The normalized spacial score (nSPS) is 15.5. The van der Waals surface area contributed by atoms with Crippen LogP contribution in [0.15, 0.2) is 24.3 Å². The third-order valence-electron chi connectivity index (χ3n) is 3.03. The van der Waals surface area contributed by atoms with Gasteiger partial charge >= 0.3 is 12.0 Å². The van der Waals surface area contributed by atoms with Crippen molar-refractivity contribution in [2.75, 3.05) is 23.3 Å². The Bertz CT molecular complexity index is 558. The van der Waals surface area contributed by atoms with Crippen molar-refractivity contribution in [2.24, 2.45) is 5.73 Å². The zero-order chi connectivity index (χ0) is 15.4. The maximum Gasteiger partial charge on any atom is 0.321 e. The molecule has 8 heteroatoms. The number of aliphatic carboxylic acids is 1. The van der Waals surface area contributed by atoms with Gasteiger partial charge < -0.3 is 21.5 Å². The van der Waals surface area contributed by atoms with Crippen LogP contribution in [0.2, 0.25) is 0 Å². The number of carboxylic acid groups (broad SMARTS) is 1. The van der Waals surface area contributed by atoms with Crippen molar-refractivity contribution < 1.29 is 19.5 Å². The topological polar surface area (TPSA) is 125 Å². The van der Waals surface area contributed by atoms with Crippen molar-refractivity contribution in [3.63, 3.8) is 0 Å². The second-order valence-electron chi connectivity index (χ2n) is 4.62. The molecule has 1 aliphatic rings. The molecule has 1 fully saturated rings. The number of benzene rings is 1. The van der Waals surface area contributed by atoms with Crippen LogP contribution < -0.4 is 21.3 Å². The molecule has 112 valence electrons. The molecule has 21 heavy (non-hydrogen) atoms. The van der Waals surface area contributed by atoms with E-state index in [-0.39, 0.29) is 6.03 Å². The Morgan fingerprint density at radius 2 is 2.05 bits per heavy atom. The predicted octanol–water partition coefficient (Wildman–Crippen LogP) is -0.0433. The van der Waals surface area contributed by atoms with E-state index in [1.54, 1.807) is 29.2 Å². The lowest BCUT2D eigenvalue weighted by atomic mass is 10.2. The summed E-state index contributed by atoms with van der Waals surface area (Å²) in [5, 5.41) is 13.8. The fourth-order valence-electron chi connectivity index (χ4n) is 1.96. The van der Waals surface area contributed by atoms with E-state index in [1.807, 2.05) is 0 Å². The van der Waals surface area contributed by atoms with E-state index >= 15 is 0 Å². The van der Waals surface area contributed by atoms with Crippen molar-refractivity contribution in [3.05, 3.63) is 24.3 Å². The maximum atomic E-state index is 11.7. The van der Waals surface area contributed by atoms with Crippen LogP contribution in [0, 0.1) is 0 Å². The van der Waals surface area contributed by atoms with Crippen molar-refractivity contribution in [2.45, 2.75) is 12.5 Å². The van der Waals surface area contributed by atoms with Crippen LogP contribution in [0.4, 0.5) is 16.2 Å². The molecule has 5 N–H and O–H groups in total. The van der Waals surface area contributed by atoms with Crippen LogP contribution >= 0.6 is 0 Å². The molecule has 0 spiro atoms. The number of anilines is 2. The molecule has 0 aromatic heterocycles. The first kappa shape index (κ1) is 14.8. The smallest absolute Gasteiger partial charge is 0.321 e. The van der Waals surface area contributed by atoms with E-state index in [9.17, 15) is 14.4 Å². The van der Waals surface area contributed by atoms with Crippen LogP contribution in [0.3, 0.4) is 0 Å². The summed E-state index contributed by atoms with van der Waals surface area (Å²) in [5.74, 6) is -1.70. The van der Waals surface area contributed by atoms with E-state index in [4.69, 9.17) is 10.8 Å². The average molecular weight is 292 g/mol. The van der Waals surface area contributed by atoms with Gasteiger partial charge in [-0.25, -0.2) is 4.79 Å². The highest BCUT2D eigenvalue weighted by Gasteiger charge is 2.21. The van der Waals surface area contributed by atoms with Crippen LogP contribution in [0.25, 0.3) is 0 Å². The van der Waals surface area contributed by atoms with E-state index < -0.39 is 24.3 Å². The van der Waals surface area contributed by atoms with Crippen LogP contribution in [-0.4, -0.2) is 42.1 Å². The number of rotatable bonds is 5. The average Bonchev–Trinajstić information content (AvgIpc) is 2.85. The van der Waals surface area contributed by atoms with Gasteiger partial charge in [-0.1, -0.05) is 0 Å². The molecule has 1 aromatic carbocycles. The summed E-state index contributed by atoms with van der Waals surface area (Å²) in [5.41, 5.74) is 6.67. The summed E-state index contributed by atoms with van der Waals surface area (Å²) in [7, 11) is 0. The molecule has 1 atom stereocenters. The molecule has 1 saturated heterocycles. The summed E-state index contributed by atoms with van der Waals surface area (Å²) in [4.78, 5) is 35.2. The summed E-state index contributed by atoms with van der Waals surface area (Å²) in [6.45, 7) is 1.19. The molecule has 0 radical (unpaired) electrons. The predicted molar refractivity (Wildman–Crippen MR) is 76.0 cm³/mol. The minimum atomic E-state index is -1.13. The number of carboxylic acids is 1. The van der Waals surface area contributed by atoms with E-state index in [2.05, 4.69) is 10.6 Å². The number of hydrogen-bond acceptors (Lipinski definition) is 4. The van der Waals surface area contributed by atoms with Crippen molar-refractivity contribution in [1.29, 1.82) is 0 Å². The zero-order valence-electron chi connectivity index (χ0n) is 11.2. The highest BCUT2D eigenvalue weighted by Crippen LogP contribution is 2.19. The monoisotopic (exact) mass is 292 g/mol. The lowest BCUT2D eigenvalue weighted by molar-refractivity contribution is -0.138. The van der Waals surface area contributed by atoms with Gasteiger partial charge in [0.1, 0.15) is 0 Å². The van der Waals surface area contributed by atoms with Gasteiger partial charge in [0.25, 0.3) is 0 Å². The number of nitrogens with two attached hydrogens (primary N) is 1. The Kier molecular flexibility index (Phi) is 4.39. The lowest BCUT2D eigenvalue weighted by Crippen LogP contribution is -2.37. The first-order chi connectivity index (χ1) is 9.97. The standard InChI is InChI=1S/C13H16N4O4/c14-10(7-11(18)19)12(20)16-8-1-3-9(4-2-8)17-6-5-15-13(17)21/h1-4,10H,5-7,14H2,(H,15,21)(H,16,20)(H,18,19). The van der Waals surface area contributed by atoms with E-state index in [1.165, 1.54) is 0 Å². The van der Waals surface area contributed by atoms with Gasteiger partial charge in [0.05, 0.1) is 12.5 Å². The fraction of sp³-hybridized carbons (Fsp3) is 0.308. The highest BCUT2D eigenvalue weighted by atomic mass is 16.4. The SMILES string of the molecule is NC(CC(=O)O)C(=O)Nc1ccc(N2CCNC2=O)cc1. The Balaban J connectivity index is 1.97. The second-order valence-corrected chi connectivity index (χ2v) is 4.62. The molecule has 0 saturated carbocycles. The third-order valence-corrected chi connectivity index (χ3v) is 3.03. The minimum Gasteiger partial charge on any atom is -0.481 e. The largest absolute Gasteiger partial charge is 0.481 e. The first-order valence-electron chi connectivity index (χ1n) is 6.41. The number of urea groups is 1. The molecule has 1 aromatic rings. The number of nitrogens with one attached hydrogen (secondary N) is 2. The number of amides is 3. The minimum absolute atomic E-state index is 0.157. The molecule has 2 rings (SSSR count). The number of carbonyl (C=O) groups is 3. The van der Waals surface area contributed by atoms with Gasteiger partial charge in [0.15, 0.2) is 0 Å². The van der Waals surface area contributed by atoms with Crippen LogP contribution in [0.1, 0.15) is 6.42 Å². The van der Waals surface area contributed by atoms with Crippen molar-refractivity contribution >= 4 is 29.3 Å². The van der Waals surface area contributed by atoms with Gasteiger partial charge in [-0.05, 0) is 24.3 Å². The number of nitrogens with zero attached hydrogens (tertiary/aromatic N) is 1. The van der Waals surface area contributed by atoms with Crippen LogP contribution in [0.5, 0.6) is 0 Å². The van der Waals surface area contributed by atoms with Crippen LogP contribution in [-0.2, 0) is 9.59 Å². The quantitative estimate of drug-likeness (QED) is 0.606. The van der Waals surface area contributed by atoms with E-state index in [0.717, 1.165) is 5.69 Å². The summed E-state index contributed by atoms with van der Waals surface area (Å²) in [6.07, 6.45) is -0.433. The Morgan fingerprint density at radius 1 is 1.38 bits per heavy atom. The molecule has 1 unspecified atom stereocenters. The first-order valence-corrected chi connectivity index (χ1v) is 6.41. The zero-order valence-corrected chi connectivity index (χ0v) is 11.2. The molecule has 0 bridgehead atoms. The van der Waals surface area contributed by atoms with Crippen molar-refractivity contribution in [3.8, 4) is 0 Å². The van der Waals surface area contributed by atoms with Gasteiger partial charge in [-0.15, -0.1) is 0 Å². The summed E-state index contributed by atoms with van der Waals surface area (Å²) >= 11 is 0. The Morgan fingerprint density at radius 3 is 2.57 bits per heavy atom. The van der Waals surface area contributed by atoms with E-state index in [0.29, 0.717) is 18.8 Å². The Hall–Kier alpha value is -2.61. The molecule has 0 aliphatic carbocycles. The molecule has 8 nitrogen and oxygen atoms in total.